The highest BCUT2D eigenvalue weighted by Crippen LogP contribution is 2.25. The van der Waals surface area contributed by atoms with Crippen LogP contribution in [0.3, 0.4) is 0 Å². The maximum Gasteiger partial charge on any atom is 0.267 e. The summed E-state index contributed by atoms with van der Waals surface area (Å²) in [5, 5.41) is 7.89. The first-order chi connectivity index (χ1) is 11.5. The number of hydrogen-bond donors (Lipinski definition) is 1. The molecule has 1 amide bonds. The molecule has 0 atom stereocenters. The van der Waals surface area contributed by atoms with Gasteiger partial charge in [-0.3, -0.25) is 9.59 Å². The number of halogens is 2. The molecule has 0 saturated heterocycles. The Morgan fingerprint density at radius 1 is 1.17 bits per heavy atom. The minimum Gasteiger partial charge on any atom is -0.323 e. The number of rotatable bonds is 3. The topological polar surface area (TPSA) is 64.0 Å². The Balaban J connectivity index is 1.77. The third kappa shape index (κ3) is 3.97. The lowest BCUT2D eigenvalue weighted by Crippen LogP contribution is -2.30. The van der Waals surface area contributed by atoms with Gasteiger partial charge in [0.1, 0.15) is 6.54 Å². The SMILES string of the molecule is O=C(Cn1nc2c(cc1=O)CCCCC2)Nc1ccc(Cl)cc1Cl. The number of aromatic nitrogens is 2. The monoisotopic (exact) mass is 365 g/mol. The highest BCUT2D eigenvalue weighted by Gasteiger charge is 2.14. The quantitative estimate of drug-likeness (QED) is 0.847. The van der Waals surface area contributed by atoms with Crippen LogP contribution in [-0.2, 0) is 24.2 Å². The van der Waals surface area contributed by atoms with Crippen molar-refractivity contribution in [2.45, 2.75) is 38.6 Å². The van der Waals surface area contributed by atoms with Gasteiger partial charge in [-0.15, -0.1) is 0 Å². The van der Waals surface area contributed by atoms with Gasteiger partial charge in [-0.2, -0.15) is 5.10 Å². The van der Waals surface area contributed by atoms with Crippen LogP contribution in [-0.4, -0.2) is 15.7 Å². The zero-order valence-corrected chi connectivity index (χ0v) is 14.5. The fourth-order valence-electron chi connectivity index (χ4n) is 2.81. The van der Waals surface area contributed by atoms with E-state index >= 15 is 0 Å². The van der Waals surface area contributed by atoms with Gasteiger partial charge in [0, 0.05) is 11.1 Å². The average Bonchev–Trinajstić information content (AvgIpc) is 2.75. The molecule has 0 bridgehead atoms. The first kappa shape index (κ1) is 17.0. The Bertz CT molecular complexity index is 833. The van der Waals surface area contributed by atoms with Crippen molar-refractivity contribution < 1.29 is 4.79 Å². The molecule has 1 heterocycles. The van der Waals surface area contributed by atoms with Crippen LogP contribution in [0.4, 0.5) is 5.69 Å². The highest BCUT2D eigenvalue weighted by atomic mass is 35.5. The van der Waals surface area contributed by atoms with Gasteiger partial charge in [-0.1, -0.05) is 29.6 Å². The molecule has 0 spiro atoms. The number of amides is 1. The van der Waals surface area contributed by atoms with Crippen LogP contribution in [0, 0.1) is 0 Å². The van der Waals surface area contributed by atoms with Crippen LogP contribution in [0.2, 0.25) is 10.0 Å². The Kier molecular flexibility index (Phi) is 5.21. The fourth-order valence-corrected chi connectivity index (χ4v) is 3.26. The number of nitrogens with zero attached hydrogens (tertiary/aromatic N) is 2. The van der Waals surface area contributed by atoms with Gasteiger partial charge in [-0.25, -0.2) is 4.68 Å². The molecule has 0 aliphatic heterocycles. The molecule has 24 heavy (non-hydrogen) atoms. The highest BCUT2D eigenvalue weighted by molar-refractivity contribution is 6.36. The molecule has 0 fully saturated rings. The first-order valence-corrected chi connectivity index (χ1v) is 8.63. The summed E-state index contributed by atoms with van der Waals surface area (Å²) in [6.07, 6.45) is 5.00. The number of carbonyl (C=O) groups excluding carboxylic acids is 1. The summed E-state index contributed by atoms with van der Waals surface area (Å²) < 4.78 is 1.21. The number of nitrogens with one attached hydrogen (secondary N) is 1. The van der Waals surface area contributed by atoms with E-state index in [-0.39, 0.29) is 18.0 Å². The second-order valence-corrected chi connectivity index (χ2v) is 6.69. The predicted molar refractivity (Wildman–Crippen MR) is 94.8 cm³/mol. The molecule has 1 aromatic heterocycles. The van der Waals surface area contributed by atoms with Gasteiger partial charge in [0.05, 0.1) is 16.4 Å². The third-order valence-electron chi connectivity index (χ3n) is 4.02. The van der Waals surface area contributed by atoms with E-state index in [0.29, 0.717) is 15.7 Å². The van der Waals surface area contributed by atoms with Crippen LogP contribution in [0.25, 0.3) is 0 Å². The second kappa shape index (κ2) is 7.36. The summed E-state index contributed by atoms with van der Waals surface area (Å²) in [6, 6.07) is 6.41. The largest absolute Gasteiger partial charge is 0.323 e. The molecule has 1 aliphatic rings. The second-order valence-electron chi connectivity index (χ2n) is 5.85. The summed E-state index contributed by atoms with van der Waals surface area (Å²) in [5.74, 6) is -0.359. The van der Waals surface area contributed by atoms with Gasteiger partial charge in [-0.05, 0) is 49.4 Å². The van der Waals surface area contributed by atoms with E-state index < -0.39 is 0 Å². The minimum atomic E-state index is -0.359. The molecule has 1 N–H and O–H groups in total. The van der Waals surface area contributed by atoms with Gasteiger partial charge < -0.3 is 5.32 Å². The molecule has 3 rings (SSSR count). The van der Waals surface area contributed by atoms with Crippen LogP contribution in [0.15, 0.2) is 29.1 Å². The molecule has 1 aromatic carbocycles. The Morgan fingerprint density at radius 2 is 1.96 bits per heavy atom. The van der Waals surface area contributed by atoms with E-state index in [1.807, 2.05) is 0 Å². The summed E-state index contributed by atoms with van der Waals surface area (Å²) in [4.78, 5) is 24.4. The standard InChI is InChI=1S/C17H17Cl2N3O2/c18-12-6-7-15(13(19)9-12)20-16(23)10-22-17(24)8-11-4-2-1-3-5-14(11)21-22/h6-9H,1-5,10H2,(H,20,23). The van der Waals surface area contributed by atoms with Crippen LogP contribution in [0.1, 0.15) is 30.5 Å². The molecule has 0 unspecified atom stereocenters. The molecule has 0 saturated carbocycles. The van der Waals surface area contributed by atoms with E-state index in [1.165, 1.54) is 4.68 Å². The molecule has 5 nitrogen and oxygen atoms in total. The average molecular weight is 366 g/mol. The number of hydrogen-bond acceptors (Lipinski definition) is 3. The number of fused-ring (bicyclic) bond motifs is 1. The molecule has 126 valence electrons. The number of benzene rings is 1. The Morgan fingerprint density at radius 3 is 2.75 bits per heavy atom. The molecule has 7 heteroatoms. The van der Waals surface area contributed by atoms with Crippen molar-refractivity contribution in [3.8, 4) is 0 Å². The molecule has 2 aromatic rings. The van der Waals surface area contributed by atoms with E-state index in [4.69, 9.17) is 23.2 Å². The van der Waals surface area contributed by atoms with Gasteiger partial charge in [0.2, 0.25) is 5.91 Å². The van der Waals surface area contributed by atoms with Crippen molar-refractivity contribution in [1.29, 1.82) is 0 Å². The number of aryl methyl sites for hydroxylation is 2. The van der Waals surface area contributed by atoms with E-state index in [0.717, 1.165) is 43.4 Å². The number of anilines is 1. The van der Waals surface area contributed by atoms with Crippen molar-refractivity contribution in [3.63, 3.8) is 0 Å². The Hall–Kier alpha value is -1.85. The summed E-state index contributed by atoms with van der Waals surface area (Å²) in [6.45, 7) is -0.148. The maximum atomic E-state index is 12.2. The van der Waals surface area contributed by atoms with Crippen molar-refractivity contribution >= 4 is 34.8 Å². The normalized spacial score (nSPS) is 13.9. The van der Waals surface area contributed by atoms with Crippen LogP contribution >= 0.6 is 23.2 Å². The Labute approximate surface area is 149 Å². The zero-order valence-electron chi connectivity index (χ0n) is 13.0. The maximum absolute atomic E-state index is 12.2. The van der Waals surface area contributed by atoms with Crippen molar-refractivity contribution in [2.24, 2.45) is 0 Å². The molecule has 0 radical (unpaired) electrons. The van der Waals surface area contributed by atoms with Gasteiger partial charge in [0.25, 0.3) is 5.56 Å². The number of carbonyl (C=O) groups is 1. The lowest BCUT2D eigenvalue weighted by molar-refractivity contribution is -0.117. The summed E-state index contributed by atoms with van der Waals surface area (Å²) in [7, 11) is 0. The van der Waals surface area contributed by atoms with E-state index in [2.05, 4.69) is 10.4 Å². The van der Waals surface area contributed by atoms with Crippen molar-refractivity contribution in [2.75, 3.05) is 5.32 Å². The smallest absolute Gasteiger partial charge is 0.267 e. The lowest BCUT2D eigenvalue weighted by atomic mass is 10.1. The minimum absolute atomic E-state index is 0.148. The third-order valence-corrected chi connectivity index (χ3v) is 4.57. The van der Waals surface area contributed by atoms with E-state index in [1.54, 1.807) is 24.3 Å². The van der Waals surface area contributed by atoms with Crippen molar-refractivity contribution in [3.05, 3.63) is 55.9 Å². The van der Waals surface area contributed by atoms with Gasteiger partial charge >= 0.3 is 0 Å². The summed E-state index contributed by atoms with van der Waals surface area (Å²) >= 11 is 11.9. The zero-order chi connectivity index (χ0) is 17.1. The predicted octanol–water partition coefficient (Wildman–Crippen LogP) is 3.46. The summed E-state index contributed by atoms with van der Waals surface area (Å²) in [5.41, 5.74) is 2.13. The lowest BCUT2D eigenvalue weighted by Gasteiger charge is -2.11. The molecular weight excluding hydrogens is 349 g/mol. The van der Waals surface area contributed by atoms with Crippen LogP contribution < -0.4 is 10.9 Å². The first-order valence-electron chi connectivity index (χ1n) is 7.88. The van der Waals surface area contributed by atoms with Crippen molar-refractivity contribution in [1.82, 2.24) is 9.78 Å². The molecule has 1 aliphatic carbocycles. The fraction of sp³-hybridized carbons (Fsp3) is 0.353. The van der Waals surface area contributed by atoms with E-state index in [9.17, 15) is 9.59 Å². The van der Waals surface area contributed by atoms with Gasteiger partial charge in [0.15, 0.2) is 0 Å². The molecular formula is C17H17Cl2N3O2. The van der Waals surface area contributed by atoms with Crippen LogP contribution in [0.5, 0.6) is 0 Å².